The minimum Gasteiger partial charge on any atom is -0.338 e. The van der Waals surface area contributed by atoms with Crippen LogP contribution < -0.4 is 15.5 Å². The van der Waals surface area contributed by atoms with Gasteiger partial charge in [0.15, 0.2) is 0 Å². The van der Waals surface area contributed by atoms with E-state index in [-0.39, 0.29) is 11.9 Å². The fraction of sp³-hybridized carbons (Fsp3) is 0.176. The SMILES string of the molecule is O=C(Nc1ccc(N2CCCNC2=O)cc1)c1ccccc1. The third kappa shape index (κ3) is 3.09. The van der Waals surface area contributed by atoms with E-state index in [4.69, 9.17) is 0 Å². The molecule has 0 spiro atoms. The van der Waals surface area contributed by atoms with E-state index < -0.39 is 0 Å². The molecule has 0 atom stereocenters. The zero-order valence-corrected chi connectivity index (χ0v) is 12.1. The van der Waals surface area contributed by atoms with Crippen LogP contribution in [0.5, 0.6) is 0 Å². The summed E-state index contributed by atoms with van der Waals surface area (Å²) < 4.78 is 0. The van der Waals surface area contributed by atoms with E-state index in [2.05, 4.69) is 10.6 Å². The van der Waals surface area contributed by atoms with Crippen LogP contribution in [0.2, 0.25) is 0 Å². The molecule has 1 fully saturated rings. The second kappa shape index (κ2) is 6.30. The van der Waals surface area contributed by atoms with Crippen molar-refractivity contribution in [1.29, 1.82) is 0 Å². The zero-order chi connectivity index (χ0) is 15.4. The monoisotopic (exact) mass is 295 g/mol. The Hall–Kier alpha value is -2.82. The van der Waals surface area contributed by atoms with Gasteiger partial charge < -0.3 is 10.6 Å². The third-order valence-corrected chi connectivity index (χ3v) is 3.55. The fourth-order valence-electron chi connectivity index (χ4n) is 2.39. The Kier molecular flexibility index (Phi) is 4.05. The maximum Gasteiger partial charge on any atom is 0.321 e. The molecule has 0 aliphatic carbocycles. The molecule has 1 aliphatic rings. The number of nitrogens with zero attached hydrogens (tertiary/aromatic N) is 1. The van der Waals surface area contributed by atoms with E-state index in [9.17, 15) is 9.59 Å². The molecular formula is C17H17N3O2. The average molecular weight is 295 g/mol. The highest BCUT2D eigenvalue weighted by Crippen LogP contribution is 2.20. The van der Waals surface area contributed by atoms with Gasteiger partial charge in [-0.2, -0.15) is 0 Å². The van der Waals surface area contributed by atoms with Gasteiger partial charge in [0.05, 0.1) is 0 Å². The van der Waals surface area contributed by atoms with E-state index in [0.717, 1.165) is 18.7 Å². The van der Waals surface area contributed by atoms with Crippen molar-refractivity contribution in [2.24, 2.45) is 0 Å². The molecular weight excluding hydrogens is 278 g/mol. The van der Waals surface area contributed by atoms with Crippen molar-refractivity contribution in [2.75, 3.05) is 23.3 Å². The molecule has 112 valence electrons. The lowest BCUT2D eigenvalue weighted by atomic mass is 10.2. The Balaban J connectivity index is 1.69. The van der Waals surface area contributed by atoms with E-state index in [0.29, 0.717) is 17.8 Å². The Morgan fingerprint density at radius 2 is 1.77 bits per heavy atom. The molecule has 0 aromatic heterocycles. The molecule has 0 bridgehead atoms. The Morgan fingerprint density at radius 1 is 1.05 bits per heavy atom. The van der Waals surface area contributed by atoms with E-state index in [1.165, 1.54) is 0 Å². The van der Waals surface area contributed by atoms with Crippen LogP contribution in [0.15, 0.2) is 54.6 Å². The second-order valence-corrected chi connectivity index (χ2v) is 5.10. The molecule has 2 aromatic carbocycles. The summed E-state index contributed by atoms with van der Waals surface area (Å²) in [5.41, 5.74) is 2.15. The number of rotatable bonds is 3. The van der Waals surface area contributed by atoms with Crippen LogP contribution in [0.4, 0.5) is 16.2 Å². The van der Waals surface area contributed by atoms with Crippen molar-refractivity contribution < 1.29 is 9.59 Å². The third-order valence-electron chi connectivity index (χ3n) is 3.55. The lowest BCUT2D eigenvalue weighted by Gasteiger charge is -2.27. The maximum absolute atomic E-state index is 12.1. The number of urea groups is 1. The summed E-state index contributed by atoms with van der Waals surface area (Å²) in [5.74, 6) is -0.149. The first-order chi connectivity index (χ1) is 10.7. The van der Waals surface area contributed by atoms with Gasteiger partial charge in [0.2, 0.25) is 0 Å². The van der Waals surface area contributed by atoms with E-state index in [1.54, 1.807) is 29.2 Å². The summed E-state index contributed by atoms with van der Waals surface area (Å²) in [6.45, 7) is 1.43. The largest absolute Gasteiger partial charge is 0.338 e. The molecule has 0 radical (unpaired) electrons. The lowest BCUT2D eigenvalue weighted by molar-refractivity contribution is 0.102. The number of carbonyl (C=O) groups is 2. The highest BCUT2D eigenvalue weighted by atomic mass is 16.2. The van der Waals surface area contributed by atoms with Crippen LogP contribution in [0, 0.1) is 0 Å². The van der Waals surface area contributed by atoms with Gasteiger partial charge >= 0.3 is 6.03 Å². The number of hydrogen-bond acceptors (Lipinski definition) is 2. The van der Waals surface area contributed by atoms with Crippen molar-refractivity contribution >= 4 is 23.3 Å². The molecule has 3 rings (SSSR count). The molecule has 0 saturated carbocycles. The minimum absolute atomic E-state index is 0.0766. The first-order valence-electron chi connectivity index (χ1n) is 7.26. The number of anilines is 2. The summed E-state index contributed by atoms with van der Waals surface area (Å²) in [6.07, 6.45) is 0.929. The summed E-state index contributed by atoms with van der Waals surface area (Å²) in [5, 5.41) is 5.66. The van der Waals surface area contributed by atoms with Gasteiger partial charge in [-0.15, -0.1) is 0 Å². The highest BCUT2D eigenvalue weighted by molar-refractivity contribution is 6.04. The van der Waals surface area contributed by atoms with Crippen LogP contribution in [0.1, 0.15) is 16.8 Å². The second-order valence-electron chi connectivity index (χ2n) is 5.10. The Labute approximate surface area is 128 Å². The molecule has 2 aromatic rings. The first-order valence-corrected chi connectivity index (χ1v) is 7.26. The molecule has 2 N–H and O–H groups in total. The quantitative estimate of drug-likeness (QED) is 0.914. The number of benzene rings is 2. The maximum atomic E-state index is 12.1. The van der Waals surface area contributed by atoms with E-state index >= 15 is 0 Å². The fourth-order valence-corrected chi connectivity index (χ4v) is 2.39. The standard InChI is InChI=1S/C17H17N3O2/c21-16(13-5-2-1-3-6-13)19-14-7-9-15(10-8-14)20-12-4-11-18-17(20)22/h1-3,5-10H,4,11-12H2,(H,18,22)(H,19,21). The van der Waals surface area contributed by atoms with Crippen LogP contribution in [0.3, 0.4) is 0 Å². The van der Waals surface area contributed by atoms with Gasteiger partial charge in [-0.25, -0.2) is 4.79 Å². The van der Waals surface area contributed by atoms with Gasteiger partial charge in [0.25, 0.3) is 5.91 Å². The van der Waals surface area contributed by atoms with Crippen molar-refractivity contribution in [1.82, 2.24) is 5.32 Å². The Bertz CT molecular complexity index is 668. The normalized spacial score (nSPS) is 14.4. The summed E-state index contributed by atoms with van der Waals surface area (Å²) in [6, 6.07) is 16.3. The molecule has 5 nitrogen and oxygen atoms in total. The molecule has 1 aliphatic heterocycles. The van der Waals surface area contributed by atoms with Gasteiger partial charge in [-0.3, -0.25) is 9.69 Å². The Morgan fingerprint density at radius 3 is 2.45 bits per heavy atom. The van der Waals surface area contributed by atoms with Gasteiger partial charge in [-0.05, 0) is 42.8 Å². The van der Waals surface area contributed by atoms with Crippen molar-refractivity contribution in [3.05, 3.63) is 60.2 Å². The van der Waals surface area contributed by atoms with Gasteiger partial charge in [0, 0.05) is 30.0 Å². The van der Waals surface area contributed by atoms with Gasteiger partial charge in [-0.1, -0.05) is 18.2 Å². The van der Waals surface area contributed by atoms with Crippen LogP contribution in [-0.2, 0) is 0 Å². The predicted octanol–water partition coefficient (Wildman–Crippen LogP) is 2.86. The van der Waals surface area contributed by atoms with E-state index in [1.807, 2.05) is 30.3 Å². The molecule has 1 heterocycles. The predicted molar refractivity (Wildman–Crippen MR) is 86.2 cm³/mol. The first kappa shape index (κ1) is 14.1. The summed E-state index contributed by atoms with van der Waals surface area (Å²) in [4.78, 5) is 25.6. The van der Waals surface area contributed by atoms with Crippen molar-refractivity contribution in [3.8, 4) is 0 Å². The van der Waals surface area contributed by atoms with Crippen LogP contribution in [0.25, 0.3) is 0 Å². The highest BCUT2D eigenvalue weighted by Gasteiger charge is 2.18. The molecule has 1 saturated heterocycles. The van der Waals surface area contributed by atoms with Crippen molar-refractivity contribution in [2.45, 2.75) is 6.42 Å². The van der Waals surface area contributed by atoms with Crippen molar-refractivity contribution in [3.63, 3.8) is 0 Å². The zero-order valence-electron chi connectivity index (χ0n) is 12.1. The van der Waals surface area contributed by atoms with Crippen LogP contribution >= 0.6 is 0 Å². The molecule has 0 unspecified atom stereocenters. The number of hydrogen-bond donors (Lipinski definition) is 2. The number of amides is 3. The molecule has 3 amide bonds. The minimum atomic E-state index is -0.149. The number of nitrogens with one attached hydrogen (secondary N) is 2. The topological polar surface area (TPSA) is 61.4 Å². The number of carbonyl (C=O) groups excluding carboxylic acids is 2. The summed E-state index contributed by atoms with van der Waals surface area (Å²) in [7, 11) is 0. The lowest BCUT2D eigenvalue weighted by Crippen LogP contribution is -2.46. The molecule has 22 heavy (non-hydrogen) atoms. The van der Waals surface area contributed by atoms with Crippen LogP contribution in [-0.4, -0.2) is 25.0 Å². The molecule has 5 heteroatoms. The van der Waals surface area contributed by atoms with Gasteiger partial charge in [0.1, 0.15) is 0 Å². The average Bonchev–Trinajstić information content (AvgIpc) is 2.57. The summed E-state index contributed by atoms with van der Waals surface area (Å²) >= 11 is 0. The smallest absolute Gasteiger partial charge is 0.321 e.